The third-order valence-electron chi connectivity index (χ3n) is 4.66. The second-order valence-electron chi connectivity index (χ2n) is 6.71. The molecular weight excluding hydrogens is 442 g/mol. The summed E-state index contributed by atoms with van der Waals surface area (Å²) in [6.07, 6.45) is 0. The molecule has 6 heteroatoms. The minimum atomic E-state index is -0.325. The molecule has 0 radical (unpaired) electrons. The molecule has 0 unspecified atom stereocenters. The number of nitrogens with one attached hydrogen (secondary N) is 1. The van der Waals surface area contributed by atoms with Crippen molar-refractivity contribution in [1.82, 2.24) is 9.78 Å². The van der Waals surface area contributed by atoms with Crippen LogP contribution in [-0.2, 0) is 0 Å². The number of anilines is 1. The number of benzene rings is 3. The number of hydrogen-bond donors (Lipinski definition) is 1. The molecule has 0 aliphatic heterocycles. The van der Waals surface area contributed by atoms with Gasteiger partial charge in [-0.2, -0.15) is 5.10 Å². The third-order valence-corrected chi connectivity index (χ3v) is 5.18. The molecule has 0 bridgehead atoms. The van der Waals surface area contributed by atoms with E-state index in [1.807, 2.05) is 60.7 Å². The van der Waals surface area contributed by atoms with Gasteiger partial charge < -0.3 is 5.32 Å². The largest absolute Gasteiger partial charge is 0.306 e. The van der Waals surface area contributed by atoms with Crippen LogP contribution in [0.1, 0.15) is 16.1 Å². The summed E-state index contributed by atoms with van der Waals surface area (Å²) in [5, 5.41) is 7.40. The standard InChI is InChI=1S/C24H18BrN3O2/c1-16-22(29)21(17-8-4-2-5-9-17)23(28(27-16)20-10-6-3-7-11-20)26-24(30)18-12-14-19(25)15-13-18/h2-15H,1H3,(H,26,30). The number of carbonyl (C=O) groups excluding carboxylic acids is 1. The van der Waals surface area contributed by atoms with Crippen molar-refractivity contribution in [1.29, 1.82) is 0 Å². The number of halogens is 1. The van der Waals surface area contributed by atoms with Gasteiger partial charge in [-0.05, 0) is 48.9 Å². The van der Waals surface area contributed by atoms with E-state index >= 15 is 0 Å². The molecule has 1 aromatic heterocycles. The lowest BCUT2D eigenvalue weighted by Crippen LogP contribution is -2.24. The van der Waals surface area contributed by atoms with Gasteiger partial charge in [0.15, 0.2) is 0 Å². The number of amides is 1. The van der Waals surface area contributed by atoms with Gasteiger partial charge in [0.2, 0.25) is 5.43 Å². The van der Waals surface area contributed by atoms with Crippen molar-refractivity contribution < 1.29 is 4.79 Å². The Morgan fingerprint density at radius 3 is 2.13 bits per heavy atom. The molecule has 1 N–H and O–H groups in total. The molecular formula is C24H18BrN3O2. The highest BCUT2D eigenvalue weighted by atomic mass is 79.9. The Balaban J connectivity index is 1.94. The van der Waals surface area contributed by atoms with E-state index in [0.29, 0.717) is 28.2 Å². The Hall–Kier alpha value is -3.51. The zero-order valence-electron chi connectivity index (χ0n) is 16.2. The summed E-state index contributed by atoms with van der Waals surface area (Å²) in [6.45, 7) is 1.68. The summed E-state index contributed by atoms with van der Waals surface area (Å²) < 4.78 is 2.48. The number of hydrogen-bond acceptors (Lipinski definition) is 3. The smallest absolute Gasteiger partial charge is 0.256 e. The molecule has 0 atom stereocenters. The number of rotatable bonds is 4. The zero-order chi connectivity index (χ0) is 21.1. The molecule has 3 aromatic carbocycles. The summed E-state index contributed by atoms with van der Waals surface area (Å²) >= 11 is 3.38. The molecule has 0 aliphatic rings. The quantitative estimate of drug-likeness (QED) is 0.454. The summed E-state index contributed by atoms with van der Waals surface area (Å²) in [7, 11) is 0. The first kappa shape index (κ1) is 19.8. The van der Waals surface area contributed by atoms with Crippen LogP contribution < -0.4 is 10.7 Å². The molecule has 4 rings (SSSR count). The minimum Gasteiger partial charge on any atom is -0.306 e. The van der Waals surface area contributed by atoms with Gasteiger partial charge >= 0.3 is 0 Å². The van der Waals surface area contributed by atoms with Crippen molar-refractivity contribution in [3.63, 3.8) is 0 Å². The number of aromatic nitrogens is 2. The number of carbonyl (C=O) groups is 1. The number of aryl methyl sites for hydroxylation is 1. The Morgan fingerprint density at radius 2 is 1.50 bits per heavy atom. The molecule has 0 aliphatic carbocycles. The fraction of sp³-hybridized carbons (Fsp3) is 0.0417. The van der Waals surface area contributed by atoms with Crippen molar-refractivity contribution in [2.45, 2.75) is 6.92 Å². The maximum absolute atomic E-state index is 13.1. The van der Waals surface area contributed by atoms with E-state index in [4.69, 9.17) is 0 Å². The summed E-state index contributed by atoms with van der Waals surface area (Å²) in [4.78, 5) is 26.1. The first-order valence-corrected chi connectivity index (χ1v) is 10.2. The second kappa shape index (κ2) is 8.47. The molecule has 1 amide bonds. The SMILES string of the molecule is Cc1nn(-c2ccccc2)c(NC(=O)c2ccc(Br)cc2)c(-c2ccccc2)c1=O. The summed E-state index contributed by atoms with van der Waals surface area (Å²) in [6, 6.07) is 25.7. The van der Waals surface area contributed by atoms with Crippen molar-refractivity contribution >= 4 is 27.7 Å². The van der Waals surface area contributed by atoms with Crippen LogP contribution in [0.4, 0.5) is 5.82 Å². The Labute approximate surface area is 182 Å². The number of para-hydroxylation sites is 1. The van der Waals surface area contributed by atoms with E-state index in [1.165, 1.54) is 0 Å². The molecule has 0 saturated heterocycles. The lowest BCUT2D eigenvalue weighted by atomic mass is 10.0. The normalized spacial score (nSPS) is 10.6. The predicted octanol–water partition coefficient (Wildman–Crippen LogP) is 5.22. The molecule has 30 heavy (non-hydrogen) atoms. The van der Waals surface area contributed by atoms with Gasteiger partial charge in [-0.1, -0.05) is 64.5 Å². The van der Waals surface area contributed by atoms with Crippen LogP contribution in [0.3, 0.4) is 0 Å². The van der Waals surface area contributed by atoms with Crippen molar-refractivity contribution in [3.05, 3.63) is 111 Å². The van der Waals surface area contributed by atoms with Crippen LogP contribution in [-0.4, -0.2) is 15.7 Å². The average molecular weight is 460 g/mol. The summed E-state index contributed by atoms with van der Waals surface area (Å²) in [5.74, 6) is 0.00494. The predicted molar refractivity (Wildman–Crippen MR) is 122 cm³/mol. The van der Waals surface area contributed by atoms with Gasteiger partial charge in [-0.15, -0.1) is 0 Å². The lowest BCUT2D eigenvalue weighted by Gasteiger charge is -2.18. The maximum Gasteiger partial charge on any atom is 0.256 e. The van der Waals surface area contributed by atoms with Crippen LogP contribution >= 0.6 is 15.9 Å². The monoisotopic (exact) mass is 459 g/mol. The first-order valence-electron chi connectivity index (χ1n) is 9.36. The van der Waals surface area contributed by atoms with E-state index in [-0.39, 0.29) is 11.3 Å². The molecule has 0 saturated carbocycles. The van der Waals surface area contributed by atoms with Gasteiger partial charge in [0.25, 0.3) is 5.91 Å². The van der Waals surface area contributed by atoms with Gasteiger partial charge in [-0.25, -0.2) is 4.68 Å². The second-order valence-corrected chi connectivity index (χ2v) is 7.63. The van der Waals surface area contributed by atoms with Gasteiger partial charge in [0.05, 0.1) is 11.3 Å². The Bertz CT molecular complexity index is 1250. The lowest BCUT2D eigenvalue weighted by molar-refractivity contribution is 0.102. The van der Waals surface area contributed by atoms with Gasteiger partial charge in [-0.3, -0.25) is 9.59 Å². The van der Waals surface area contributed by atoms with Crippen LogP contribution in [0.15, 0.2) is 94.2 Å². The van der Waals surface area contributed by atoms with Crippen molar-refractivity contribution in [3.8, 4) is 16.8 Å². The fourth-order valence-electron chi connectivity index (χ4n) is 3.16. The van der Waals surface area contributed by atoms with Crippen LogP contribution in [0.25, 0.3) is 16.8 Å². The van der Waals surface area contributed by atoms with Gasteiger partial charge in [0.1, 0.15) is 11.5 Å². The third kappa shape index (κ3) is 3.95. The molecule has 0 fully saturated rings. The Morgan fingerprint density at radius 1 is 0.900 bits per heavy atom. The highest BCUT2D eigenvalue weighted by Gasteiger charge is 2.20. The van der Waals surface area contributed by atoms with Crippen LogP contribution in [0.2, 0.25) is 0 Å². The van der Waals surface area contributed by atoms with E-state index < -0.39 is 0 Å². The molecule has 1 heterocycles. The minimum absolute atomic E-state index is 0.223. The van der Waals surface area contributed by atoms with E-state index in [9.17, 15) is 9.59 Å². The zero-order valence-corrected chi connectivity index (χ0v) is 17.8. The topological polar surface area (TPSA) is 64.0 Å². The van der Waals surface area contributed by atoms with Gasteiger partial charge in [0, 0.05) is 10.0 Å². The van der Waals surface area contributed by atoms with E-state index in [2.05, 4.69) is 26.3 Å². The van der Waals surface area contributed by atoms with Crippen molar-refractivity contribution in [2.24, 2.45) is 0 Å². The fourth-order valence-corrected chi connectivity index (χ4v) is 3.43. The van der Waals surface area contributed by atoms with E-state index in [0.717, 1.165) is 10.2 Å². The first-order chi connectivity index (χ1) is 14.5. The molecule has 4 aromatic rings. The van der Waals surface area contributed by atoms with Crippen LogP contribution in [0, 0.1) is 6.92 Å². The molecule has 0 spiro atoms. The van der Waals surface area contributed by atoms with Crippen molar-refractivity contribution in [2.75, 3.05) is 5.32 Å². The Kier molecular flexibility index (Phi) is 5.59. The molecule has 148 valence electrons. The van der Waals surface area contributed by atoms with Crippen LogP contribution in [0.5, 0.6) is 0 Å². The molecule has 5 nitrogen and oxygen atoms in total. The van der Waals surface area contributed by atoms with E-state index in [1.54, 1.807) is 35.9 Å². The average Bonchev–Trinajstić information content (AvgIpc) is 2.78. The highest BCUT2D eigenvalue weighted by molar-refractivity contribution is 9.10. The maximum atomic E-state index is 13.1. The summed E-state index contributed by atoms with van der Waals surface area (Å²) in [5.41, 5.74) is 2.45. The highest BCUT2D eigenvalue weighted by Crippen LogP contribution is 2.27. The number of nitrogens with zero attached hydrogens (tertiary/aromatic N) is 2.